The average Bonchev–Trinajstić information content (AvgIpc) is 3.10. The third kappa shape index (κ3) is 3.11. The second-order valence-electron chi connectivity index (χ2n) is 7.53. The monoisotopic (exact) mass is 382 g/mol. The first-order valence-electron chi connectivity index (χ1n) is 10.0. The van der Waals surface area contributed by atoms with Crippen molar-refractivity contribution in [2.75, 3.05) is 0 Å². The summed E-state index contributed by atoms with van der Waals surface area (Å²) in [7, 11) is 0. The number of hydrogen-bond acceptors (Lipinski definition) is 3. The lowest BCUT2D eigenvalue weighted by molar-refractivity contribution is 0.0972. The Bertz CT molecular complexity index is 1220. The van der Waals surface area contributed by atoms with Gasteiger partial charge in [-0.3, -0.25) is 9.78 Å². The number of nitrogens with zero attached hydrogens (tertiary/aromatic N) is 1. The molecule has 4 heteroatoms. The van der Waals surface area contributed by atoms with E-state index in [1.165, 1.54) is 0 Å². The number of aromatic amines is 1. The Morgan fingerprint density at radius 1 is 1.03 bits per heavy atom. The maximum atomic E-state index is 12.4. The van der Waals surface area contributed by atoms with E-state index in [9.17, 15) is 4.79 Å². The first-order valence-corrected chi connectivity index (χ1v) is 10.0. The second-order valence-corrected chi connectivity index (χ2v) is 7.53. The highest BCUT2D eigenvalue weighted by Gasteiger charge is 2.26. The van der Waals surface area contributed by atoms with Gasteiger partial charge in [0.15, 0.2) is 5.78 Å². The number of para-hydroxylation sites is 2. The summed E-state index contributed by atoms with van der Waals surface area (Å²) in [5, 5.41) is 1.11. The number of rotatable bonds is 4. The van der Waals surface area contributed by atoms with E-state index in [0.29, 0.717) is 13.0 Å². The molecule has 144 valence electrons. The zero-order valence-corrected chi connectivity index (χ0v) is 16.4. The van der Waals surface area contributed by atoms with Crippen molar-refractivity contribution in [1.29, 1.82) is 0 Å². The zero-order chi connectivity index (χ0) is 19.8. The van der Waals surface area contributed by atoms with Crippen LogP contribution in [0.2, 0.25) is 0 Å². The Kier molecular flexibility index (Phi) is 4.39. The van der Waals surface area contributed by atoms with Gasteiger partial charge in [-0.25, -0.2) is 0 Å². The van der Waals surface area contributed by atoms with Crippen LogP contribution in [0.15, 0.2) is 60.8 Å². The Morgan fingerprint density at radius 2 is 1.90 bits per heavy atom. The number of aryl methyl sites for hydroxylation is 1. The molecule has 5 rings (SSSR count). The van der Waals surface area contributed by atoms with Gasteiger partial charge in [0.1, 0.15) is 12.4 Å². The standard InChI is InChI=1S/C25H22N2O2/c1-16-23-20(11-5-12-21(23)28)25(27-16)19-10-2-3-13-22(19)29-15-18-8-4-7-17-9-6-14-26-24(17)18/h2-4,6-10,13-14,27H,5,11-12,15H2,1H3. The van der Waals surface area contributed by atoms with Crippen LogP contribution >= 0.6 is 0 Å². The SMILES string of the molecule is Cc1[nH]c(-c2ccccc2OCc2cccc3cccnc23)c2c1C(=O)CCC2. The van der Waals surface area contributed by atoms with E-state index >= 15 is 0 Å². The van der Waals surface area contributed by atoms with Crippen LogP contribution in [-0.4, -0.2) is 15.8 Å². The Hall–Kier alpha value is -3.40. The molecule has 0 amide bonds. The van der Waals surface area contributed by atoms with E-state index in [4.69, 9.17) is 4.74 Å². The molecule has 0 fully saturated rings. The smallest absolute Gasteiger partial charge is 0.164 e. The third-order valence-corrected chi connectivity index (χ3v) is 5.66. The highest BCUT2D eigenvalue weighted by Crippen LogP contribution is 2.38. The van der Waals surface area contributed by atoms with E-state index in [0.717, 1.165) is 63.1 Å². The van der Waals surface area contributed by atoms with Crippen molar-refractivity contribution in [3.63, 3.8) is 0 Å². The summed E-state index contributed by atoms with van der Waals surface area (Å²) in [5.74, 6) is 1.05. The number of carbonyl (C=O) groups is 1. The fourth-order valence-electron chi connectivity index (χ4n) is 4.32. The zero-order valence-electron chi connectivity index (χ0n) is 16.4. The summed E-state index contributed by atoms with van der Waals surface area (Å²) in [4.78, 5) is 20.4. The summed E-state index contributed by atoms with van der Waals surface area (Å²) < 4.78 is 6.27. The largest absolute Gasteiger partial charge is 0.488 e. The van der Waals surface area contributed by atoms with Gasteiger partial charge >= 0.3 is 0 Å². The van der Waals surface area contributed by atoms with Gasteiger partial charge in [-0.2, -0.15) is 0 Å². The Morgan fingerprint density at radius 3 is 2.83 bits per heavy atom. The molecule has 0 radical (unpaired) electrons. The molecule has 0 saturated heterocycles. The van der Waals surface area contributed by atoms with Crippen LogP contribution in [0.3, 0.4) is 0 Å². The molecule has 2 heterocycles. The fraction of sp³-hybridized carbons (Fsp3) is 0.200. The summed E-state index contributed by atoms with van der Waals surface area (Å²) in [6.07, 6.45) is 4.27. The minimum absolute atomic E-state index is 0.242. The number of carbonyl (C=O) groups excluding carboxylic acids is 1. The van der Waals surface area contributed by atoms with Crippen molar-refractivity contribution in [3.8, 4) is 17.0 Å². The van der Waals surface area contributed by atoms with Gasteiger partial charge in [-0.05, 0) is 43.5 Å². The van der Waals surface area contributed by atoms with E-state index in [2.05, 4.69) is 34.2 Å². The maximum Gasteiger partial charge on any atom is 0.164 e. The lowest BCUT2D eigenvalue weighted by Gasteiger charge is -2.15. The van der Waals surface area contributed by atoms with Crippen LogP contribution in [0.1, 0.15) is 40.0 Å². The summed E-state index contributed by atoms with van der Waals surface area (Å²) >= 11 is 0. The van der Waals surface area contributed by atoms with Crippen LogP contribution in [0.25, 0.3) is 22.2 Å². The number of ketones is 1. The Balaban J connectivity index is 1.51. The molecule has 0 atom stereocenters. The van der Waals surface area contributed by atoms with Gasteiger partial charge in [-0.15, -0.1) is 0 Å². The first-order chi connectivity index (χ1) is 14.2. The van der Waals surface area contributed by atoms with E-state index in [1.54, 1.807) is 0 Å². The number of Topliss-reactive ketones (excluding diaryl/α,β-unsaturated/α-hetero) is 1. The van der Waals surface area contributed by atoms with Gasteiger partial charge < -0.3 is 9.72 Å². The van der Waals surface area contributed by atoms with Crippen molar-refractivity contribution >= 4 is 16.7 Å². The summed E-state index contributed by atoms with van der Waals surface area (Å²) in [5.41, 5.74) is 6.98. The molecule has 0 bridgehead atoms. The number of hydrogen-bond donors (Lipinski definition) is 1. The molecule has 0 spiro atoms. The molecule has 4 aromatic rings. The molecular weight excluding hydrogens is 360 g/mol. The highest BCUT2D eigenvalue weighted by atomic mass is 16.5. The van der Waals surface area contributed by atoms with Crippen molar-refractivity contribution in [1.82, 2.24) is 9.97 Å². The second kappa shape index (κ2) is 7.21. The highest BCUT2D eigenvalue weighted by molar-refractivity contribution is 6.01. The molecule has 4 nitrogen and oxygen atoms in total. The molecule has 0 unspecified atom stereocenters. The fourth-order valence-corrected chi connectivity index (χ4v) is 4.32. The molecule has 0 saturated carbocycles. The van der Waals surface area contributed by atoms with Gasteiger partial charge in [0, 0.05) is 40.4 Å². The molecule has 1 aliphatic rings. The van der Waals surface area contributed by atoms with E-state index in [-0.39, 0.29) is 5.78 Å². The van der Waals surface area contributed by atoms with Crippen LogP contribution in [0.5, 0.6) is 5.75 Å². The van der Waals surface area contributed by atoms with Gasteiger partial charge in [0.2, 0.25) is 0 Å². The number of ether oxygens (including phenoxy) is 1. The number of benzene rings is 2. The molecule has 1 N–H and O–H groups in total. The van der Waals surface area contributed by atoms with E-state index in [1.807, 2.05) is 43.5 Å². The van der Waals surface area contributed by atoms with Crippen molar-refractivity contribution < 1.29 is 9.53 Å². The van der Waals surface area contributed by atoms with Gasteiger partial charge in [0.05, 0.1) is 11.2 Å². The molecule has 0 aliphatic heterocycles. The molecule has 29 heavy (non-hydrogen) atoms. The number of aromatic nitrogens is 2. The normalized spacial score (nSPS) is 13.5. The number of fused-ring (bicyclic) bond motifs is 2. The summed E-state index contributed by atoms with van der Waals surface area (Å²) in [6, 6.07) is 18.2. The van der Waals surface area contributed by atoms with Crippen molar-refractivity contribution in [2.45, 2.75) is 32.8 Å². The van der Waals surface area contributed by atoms with Crippen molar-refractivity contribution in [3.05, 3.63) is 83.2 Å². The lowest BCUT2D eigenvalue weighted by atomic mass is 9.89. The number of pyridine rings is 1. The number of nitrogens with one attached hydrogen (secondary N) is 1. The van der Waals surface area contributed by atoms with Crippen LogP contribution < -0.4 is 4.74 Å². The minimum atomic E-state index is 0.242. The lowest BCUT2D eigenvalue weighted by Crippen LogP contribution is -2.10. The predicted molar refractivity (Wildman–Crippen MR) is 114 cm³/mol. The van der Waals surface area contributed by atoms with Gasteiger partial charge in [0.25, 0.3) is 0 Å². The van der Waals surface area contributed by atoms with Crippen LogP contribution in [0, 0.1) is 6.92 Å². The first kappa shape index (κ1) is 17.7. The topological polar surface area (TPSA) is 55.0 Å². The Labute approximate surface area is 169 Å². The maximum absolute atomic E-state index is 12.4. The molecule has 1 aliphatic carbocycles. The van der Waals surface area contributed by atoms with Crippen molar-refractivity contribution in [2.24, 2.45) is 0 Å². The predicted octanol–water partition coefficient (Wildman–Crippen LogP) is 5.64. The van der Waals surface area contributed by atoms with Gasteiger partial charge in [-0.1, -0.05) is 36.4 Å². The average molecular weight is 382 g/mol. The molecule has 2 aromatic carbocycles. The quantitative estimate of drug-likeness (QED) is 0.497. The van der Waals surface area contributed by atoms with Crippen LogP contribution in [0.4, 0.5) is 0 Å². The third-order valence-electron chi connectivity index (χ3n) is 5.66. The van der Waals surface area contributed by atoms with E-state index < -0.39 is 0 Å². The van der Waals surface area contributed by atoms with Crippen LogP contribution in [-0.2, 0) is 13.0 Å². The number of H-pyrrole nitrogens is 1. The minimum Gasteiger partial charge on any atom is -0.488 e. The summed E-state index contributed by atoms with van der Waals surface area (Å²) in [6.45, 7) is 2.42. The molecule has 2 aromatic heterocycles. The molecular formula is C25H22N2O2.